The molecule has 0 aliphatic rings. The second kappa shape index (κ2) is 8.71. The molecule has 6 heteroatoms. The Bertz CT molecular complexity index is 1060. The molecular formula is C22H22N2O3S. The fourth-order valence-corrected chi connectivity index (χ4v) is 3.44. The van der Waals surface area contributed by atoms with Gasteiger partial charge in [0, 0.05) is 5.56 Å². The number of rotatable bonds is 7. The maximum Gasteiger partial charge on any atom is 0.276 e. The highest BCUT2D eigenvalue weighted by Gasteiger charge is 2.13. The van der Waals surface area contributed by atoms with E-state index < -0.39 is 10.0 Å². The van der Waals surface area contributed by atoms with Crippen LogP contribution in [-0.2, 0) is 16.6 Å². The predicted octanol–water partition coefficient (Wildman–Crippen LogP) is 4.28. The third kappa shape index (κ3) is 4.98. The Labute approximate surface area is 165 Å². The molecule has 0 radical (unpaired) electrons. The minimum absolute atomic E-state index is 0.170. The summed E-state index contributed by atoms with van der Waals surface area (Å²) in [4.78, 5) is 2.47. The van der Waals surface area contributed by atoms with E-state index in [0.717, 1.165) is 16.7 Å². The topological polar surface area (TPSA) is 67.8 Å². The first-order valence-corrected chi connectivity index (χ1v) is 10.3. The second-order valence-corrected chi connectivity index (χ2v) is 8.04. The molecule has 0 saturated carbocycles. The van der Waals surface area contributed by atoms with Crippen LogP contribution >= 0.6 is 0 Å². The quantitative estimate of drug-likeness (QED) is 0.480. The number of hydrogen-bond donors (Lipinski definition) is 1. The van der Waals surface area contributed by atoms with Crippen LogP contribution in [0.25, 0.3) is 0 Å². The Balaban J connectivity index is 1.76. The highest BCUT2D eigenvalue weighted by atomic mass is 32.2. The van der Waals surface area contributed by atoms with Crippen LogP contribution in [0.4, 0.5) is 0 Å². The van der Waals surface area contributed by atoms with E-state index in [1.165, 1.54) is 0 Å². The molecule has 0 spiro atoms. The third-order valence-electron chi connectivity index (χ3n) is 4.18. The molecule has 144 valence electrons. The monoisotopic (exact) mass is 394 g/mol. The zero-order valence-electron chi connectivity index (χ0n) is 15.8. The Morgan fingerprint density at radius 2 is 1.57 bits per heavy atom. The lowest BCUT2D eigenvalue weighted by molar-refractivity contribution is 0.305. The maximum atomic E-state index is 12.4. The molecule has 0 aliphatic carbocycles. The number of ether oxygens (including phenoxy) is 1. The van der Waals surface area contributed by atoms with Gasteiger partial charge in [-0.05, 0) is 43.7 Å². The average Bonchev–Trinajstić information content (AvgIpc) is 2.72. The number of aryl methyl sites for hydroxylation is 1. The Hall–Kier alpha value is -3.12. The largest absolute Gasteiger partial charge is 0.488 e. The summed E-state index contributed by atoms with van der Waals surface area (Å²) in [7, 11) is -3.73. The van der Waals surface area contributed by atoms with Crippen molar-refractivity contribution in [2.24, 2.45) is 5.10 Å². The van der Waals surface area contributed by atoms with E-state index in [0.29, 0.717) is 18.1 Å². The van der Waals surface area contributed by atoms with Crippen molar-refractivity contribution in [3.63, 3.8) is 0 Å². The standard InChI is InChI=1S/C22H22N2O3S/c1-17-12-14-20(15-13-17)28(25,26)24-23-18(2)21-10-6-7-11-22(21)27-16-19-8-4-3-5-9-19/h3-15,24H,16H2,1-2H3/b23-18+. The van der Waals surface area contributed by atoms with E-state index in [4.69, 9.17) is 4.74 Å². The molecule has 0 aromatic heterocycles. The molecule has 0 atom stereocenters. The SMILES string of the molecule is C/C(=N\NS(=O)(=O)c1ccc(C)cc1)c1ccccc1OCc1ccccc1. The lowest BCUT2D eigenvalue weighted by atomic mass is 10.1. The summed E-state index contributed by atoms with van der Waals surface area (Å²) in [5, 5.41) is 4.08. The van der Waals surface area contributed by atoms with Gasteiger partial charge in [0.2, 0.25) is 0 Å². The van der Waals surface area contributed by atoms with E-state index in [1.54, 1.807) is 31.2 Å². The van der Waals surface area contributed by atoms with Gasteiger partial charge in [-0.15, -0.1) is 0 Å². The first-order valence-electron chi connectivity index (χ1n) is 8.84. The molecule has 3 aromatic rings. The minimum atomic E-state index is -3.73. The van der Waals surface area contributed by atoms with E-state index in [-0.39, 0.29) is 4.90 Å². The molecule has 3 aromatic carbocycles. The van der Waals surface area contributed by atoms with Crippen molar-refractivity contribution in [1.82, 2.24) is 4.83 Å². The summed E-state index contributed by atoms with van der Waals surface area (Å²) < 4.78 is 30.8. The zero-order chi connectivity index (χ0) is 20.0. The lowest BCUT2D eigenvalue weighted by Gasteiger charge is -2.12. The van der Waals surface area contributed by atoms with Gasteiger partial charge in [-0.1, -0.05) is 60.2 Å². The fraction of sp³-hybridized carbons (Fsp3) is 0.136. The number of hydrazone groups is 1. The molecule has 0 aliphatic heterocycles. The van der Waals surface area contributed by atoms with Gasteiger partial charge in [-0.3, -0.25) is 0 Å². The Morgan fingerprint density at radius 3 is 2.29 bits per heavy atom. The summed E-state index contributed by atoms with van der Waals surface area (Å²) in [6, 6.07) is 23.9. The van der Waals surface area contributed by atoms with Crippen molar-refractivity contribution >= 4 is 15.7 Å². The van der Waals surface area contributed by atoms with E-state index >= 15 is 0 Å². The number of hydrogen-bond acceptors (Lipinski definition) is 4. The lowest BCUT2D eigenvalue weighted by Crippen LogP contribution is -2.20. The van der Waals surface area contributed by atoms with E-state index in [1.807, 2.05) is 61.5 Å². The van der Waals surface area contributed by atoms with Crippen LogP contribution in [-0.4, -0.2) is 14.1 Å². The molecule has 0 heterocycles. The van der Waals surface area contributed by atoms with Crippen LogP contribution in [0, 0.1) is 6.92 Å². The molecule has 5 nitrogen and oxygen atoms in total. The number of nitrogens with one attached hydrogen (secondary N) is 1. The van der Waals surface area contributed by atoms with Crippen molar-refractivity contribution in [1.29, 1.82) is 0 Å². The van der Waals surface area contributed by atoms with Crippen molar-refractivity contribution in [3.8, 4) is 5.75 Å². The second-order valence-electron chi connectivity index (χ2n) is 6.38. The molecule has 0 bridgehead atoms. The van der Waals surface area contributed by atoms with Gasteiger partial charge in [0.15, 0.2) is 0 Å². The fourth-order valence-electron chi connectivity index (χ4n) is 2.59. The molecule has 1 N–H and O–H groups in total. The van der Waals surface area contributed by atoms with Gasteiger partial charge in [-0.2, -0.15) is 18.4 Å². The number of nitrogens with zero attached hydrogens (tertiary/aromatic N) is 1. The van der Waals surface area contributed by atoms with Crippen LogP contribution in [0.2, 0.25) is 0 Å². The van der Waals surface area contributed by atoms with Crippen molar-refractivity contribution in [2.75, 3.05) is 0 Å². The third-order valence-corrected chi connectivity index (χ3v) is 5.40. The first kappa shape index (κ1) is 19.6. The maximum absolute atomic E-state index is 12.4. The van der Waals surface area contributed by atoms with Gasteiger partial charge in [0.25, 0.3) is 10.0 Å². The Morgan fingerprint density at radius 1 is 0.929 bits per heavy atom. The summed E-state index contributed by atoms with van der Waals surface area (Å²) in [5.41, 5.74) is 3.28. The van der Waals surface area contributed by atoms with Crippen LogP contribution in [0.15, 0.2) is 88.9 Å². The smallest absolute Gasteiger partial charge is 0.276 e. The Kier molecular flexibility index (Phi) is 6.11. The average molecular weight is 394 g/mol. The van der Waals surface area contributed by atoms with Gasteiger partial charge < -0.3 is 4.74 Å². The van der Waals surface area contributed by atoms with Gasteiger partial charge in [0.05, 0.1) is 10.6 Å². The van der Waals surface area contributed by atoms with Gasteiger partial charge in [-0.25, -0.2) is 0 Å². The minimum Gasteiger partial charge on any atom is -0.488 e. The zero-order valence-corrected chi connectivity index (χ0v) is 16.6. The highest BCUT2D eigenvalue weighted by molar-refractivity contribution is 7.89. The molecule has 0 unspecified atom stereocenters. The van der Waals surface area contributed by atoms with Gasteiger partial charge >= 0.3 is 0 Å². The molecule has 28 heavy (non-hydrogen) atoms. The number of benzene rings is 3. The molecule has 0 saturated heterocycles. The van der Waals surface area contributed by atoms with Crippen LogP contribution in [0.1, 0.15) is 23.6 Å². The molecular weight excluding hydrogens is 372 g/mol. The van der Waals surface area contributed by atoms with E-state index in [9.17, 15) is 8.42 Å². The highest BCUT2D eigenvalue weighted by Crippen LogP contribution is 2.20. The van der Waals surface area contributed by atoms with Crippen LogP contribution < -0.4 is 9.57 Å². The summed E-state index contributed by atoms with van der Waals surface area (Å²) in [6.45, 7) is 4.06. The molecule has 0 amide bonds. The summed E-state index contributed by atoms with van der Waals surface area (Å²) in [6.07, 6.45) is 0. The predicted molar refractivity (Wildman–Crippen MR) is 111 cm³/mol. The molecule has 3 rings (SSSR count). The normalized spacial score (nSPS) is 11.9. The number of para-hydroxylation sites is 1. The van der Waals surface area contributed by atoms with Crippen LogP contribution in [0.3, 0.4) is 0 Å². The number of sulfonamides is 1. The first-order chi connectivity index (χ1) is 13.5. The van der Waals surface area contributed by atoms with Crippen molar-refractivity contribution in [2.45, 2.75) is 25.3 Å². The van der Waals surface area contributed by atoms with E-state index in [2.05, 4.69) is 9.93 Å². The van der Waals surface area contributed by atoms with Crippen LogP contribution in [0.5, 0.6) is 5.75 Å². The molecule has 0 fully saturated rings. The van der Waals surface area contributed by atoms with Crippen molar-refractivity contribution in [3.05, 3.63) is 95.6 Å². The van der Waals surface area contributed by atoms with Gasteiger partial charge in [0.1, 0.15) is 12.4 Å². The van der Waals surface area contributed by atoms with Crippen molar-refractivity contribution < 1.29 is 13.2 Å². The summed E-state index contributed by atoms with van der Waals surface area (Å²) >= 11 is 0. The summed E-state index contributed by atoms with van der Waals surface area (Å²) in [5.74, 6) is 0.641.